The second-order valence-corrected chi connectivity index (χ2v) is 6.94. The molecule has 1 rings (SSSR count). The van der Waals surface area contributed by atoms with Gasteiger partial charge in [0, 0.05) is 6.04 Å². The van der Waals surface area contributed by atoms with Gasteiger partial charge in [0.25, 0.3) is 0 Å². The first-order valence-electron chi connectivity index (χ1n) is 7.27. The maximum atomic E-state index is 5.76. The van der Waals surface area contributed by atoms with Crippen molar-refractivity contribution in [1.82, 2.24) is 5.43 Å². The number of aryl methyl sites for hydroxylation is 2. The average Bonchev–Trinajstić information content (AvgIpc) is 2.31. The summed E-state index contributed by atoms with van der Waals surface area (Å²) in [6.45, 7) is 13.6. The van der Waals surface area contributed by atoms with Crippen molar-refractivity contribution in [2.24, 2.45) is 17.2 Å². The summed E-state index contributed by atoms with van der Waals surface area (Å²) in [5.41, 5.74) is 7.50. The summed E-state index contributed by atoms with van der Waals surface area (Å²) in [5.74, 6) is 6.40. The number of hydrogen-bond acceptors (Lipinski definition) is 2. The third-order valence-corrected chi connectivity index (χ3v) is 4.45. The highest BCUT2D eigenvalue weighted by atomic mass is 15.2. The Kier molecular flexibility index (Phi) is 5.57. The molecule has 0 amide bonds. The minimum absolute atomic E-state index is 0.329. The van der Waals surface area contributed by atoms with Crippen LogP contribution in [0.25, 0.3) is 0 Å². The van der Waals surface area contributed by atoms with E-state index in [1.807, 2.05) is 0 Å². The molecule has 0 saturated heterocycles. The summed E-state index contributed by atoms with van der Waals surface area (Å²) in [4.78, 5) is 0. The van der Waals surface area contributed by atoms with E-state index in [4.69, 9.17) is 5.84 Å². The zero-order valence-corrected chi connectivity index (χ0v) is 13.4. The van der Waals surface area contributed by atoms with E-state index in [0.29, 0.717) is 17.4 Å². The number of rotatable bonds is 5. The molecule has 2 atom stereocenters. The monoisotopic (exact) mass is 262 g/mol. The molecule has 0 radical (unpaired) electrons. The highest BCUT2D eigenvalue weighted by Crippen LogP contribution is 2.30. The predicted molar refractivity (Wildman–Crippen MR) is 84.0 cm³/mol. The fourth-order valence-electron chi connectivity index (χ4n) is 2.41. The van der Waals surface area contributed by atoms with Crippen LogP contribution in [0.1, 0.15) is 50.8 Å². The molecule has 0 spiro atoms. The minimum Gasteiger partial charge on any atom is -0.271 e. The van der Waals surface area contributed by atoms with Crippen LogP contribution >= 0.6 is 0 Å². The van der Waals surface area contributed by atoms with Gasteiger partial charge in [-0.1, -0.05) is 45.9 Å². The van der Waals surface area contributed by atoms with Crippen LogP contribution in [0, 0.1) is 25.2 Å². The molecule has 2 nitrogen and oxygen atoms in total. The predicted octanol–water partition coefficient (Wildman–Crippen LogP) is 3.75. The standard InChI is InChI=1S/C17H30N2/c1-12-8-7-9-13(2)16(12)11-15(19-18)10-14(3)17(4,5)6/h7-9,14-15,19H,10-11,18H2,1-6H3. The summed E-state index contributed by atoms with van der Waals surface area (Å²) in [6.07, 6.45) is 2.11. The summed E-state index contributed by atoms with van der Waals surface area (Å²) >= 11 is 0. The zero-order valence-electron chi connectivity index (χ0n) is 13.4. The van der Waals surface area contributed by atoms with E-state index in [2.05, 4.69) is 65.2 Å². The van der Waals surface area contributed by atoms with Gasteiger partial charge >= 0.3 is 0 Å². The Morgan fingerprint density at radius 2 is 1.68 bits per heavy atom. The van der Waals surface area contributed by atoms with Crippen molar-refractivity contribution >= 4 is 0 Å². The molecule has 0 aliphatic carbocycles. The lowest BCUT2D eigenvalue weighted by Crippen LogP contribution is -2.40. The molecule has 2 heteroatoms. The van der Waals surface area contributed by atoms with Crippen molar-refractivity contribution in [3.05, 3.63) is 34.9 Å². The third-order valence-electron chi connectivity index (χ3n) is 4.45. The number of hydrogen-bond donors (Lipinski definition) is 2. The van der Waals surface area contributed by atoms with Crippen LogP contribution in [0.15, 0.2) is 18.2 Å². The first-order chi connectivity index (χ1) is 8.75. The van der Waals surface area contributed by atoms with Crippen LogP contribution < -0.4 is 11.3 Å². The van der Waals surface area contributed by atoms with Crippen molar-refractivity contribution in [1.29, 1.82) is 0 Å². The molecule has 0 fully saturated rings. The Morgan fingerprint density at radius 1 is 1.16 bits per heavy atom. The van der Waals surface area contributed by atoms with Gasteiger partial charge in [0.2, 0.25) is 0 Å². The third kappa shape index (κ3) is 4.63. The van der Waals surface area contributed by atoms with Gasteiger partial charge in [-0.25, -0.2) is 0 Å². The van der Waals surface area contributed by atoms with E-state index in [9.17, 15) is 0 Å². The first-order valence-corrected chi connectivity index (χ1v) is 7.27. The Bertz CT molecular complexity index is 384. The molecule has 0 saturated carbocycles. The lowest BCUT2D eigenvalue weighted by Gasteiger charge is -2.31. The molecular weight excluding hydrogens is 232 g/mol. The molecule has 0 bridgehead atoms. The van der Waals surface area contributed by atoms with Gasteiger partial charge in [-0.05, 0) is 54.7 Å². The van der Waals surface area contributed by atoms with Crippen LogP contribution in [-0.2, 0) is 6.42 Å². The van der Waals surface area contributed by atoms with E-state index in [1.165, 1.54) is 16.7 Å². The van der Waals surface area contributed by atoms with Crippen LogP contribution in [0.4, 0.5) is 0 Å². The number of nitrogens with one attached hydrogen (secondary N) is 1. The van der Waals surface area contributed by atoms with Crippen molar-refractivity contribution < 1.29 is 0 Å². The van der Waals surface area contributed by atoms with E-state index < -0.39 is 0 Å². The molecule has 19 heavy (non-hydrogen) atoms. The maximum Gasteiger partial charge on any atom is 0.0253 e. The van der Waals surface area contributed by atoms with E-state index >= 15 is 0 Å². The summed E-state index contributed by atoms with van der Waals surface area (Å²) in [6, 6.07) is 6.83. The first kappa shape index (κ1) is 16.2. The topological polar surface area (TPSA) is 38.0 Å². The second-order valence-electron chi connectivity index (χ2n) is 6.94. The van der Waals surface area contributed by atoms with Gasteiger partial charge in [0.1, 0.15) is 0 Å². The molecule has 0 heterocycles. The van der Waals surface area contributed by atoms with Crippen molar-refractivity contribution in [3.8, 4) is 0 Å². The largest absolute Gasteiger partial charge is 0.271 e. The van der Waals surface area contributed by atoms with Gasteiger partial charge < -0.3 is 0 Å². The summed E-state index contributed by atoms with van der Waals surface area (Å²) in [7, 11) is 0. The zero-order chi connectivity index (χ0) is 14.6. The molecule has 0 aromatic heterocycles. The fourth-order valence-corrected chi connectivity index (χ4v) is 2.41. The lowest BCUT2D eigenvalue weighted by molar-refractivity contribution is 0.222. The lowest BCUT2D eigenvalue weighted by atomic mass is 9.77. The maximum absolute atomic E-state index is 5.76. The summed E-state index contributed by atoms with van der Waals surface area (Å²) in [5, 5.41) is 0. The van der Waals surface area contributed by atoms with Crippen molar-refractivity contribution in [2.75, 3.05) is 0 Å². The van der Waals surface area contributed by atoms with Crippen molar-refractivity contribution in [3.63, 3.8) is 0 Å². The Hall–Kier alpha value is -0.860. The molecule has 2 unspecified atom stereocenters. The molecule has 108 valence electrons. The Morgan fingerprint density at radius 3 is 2.11 bits per heavy atom. The minimum atomic E-state index is 0.329. The number of benzene rings is 1. The molecule has 3 N–H and O–H groups in total. The van der Waals surface area contributed by atoms with Crippen LogP contribution in [0.2, 0.25) is 0 Å². The van der Waals surface area contributed by atoms with Crippen LogP contribution in [0.5, 0.6) is 0 Å². The molecule has 0 aliphatic rings. The summed E-state index contributed by atoms with van der Waals surface area (Å²) < 4.78 is 0. The van der Waals surface area contributed by atoms with E-state index in [1.54, 1.807) is 0 Å². The Labute approximate surface area is 118 Å². The van der Waals surface area contributed by atoms with Crippen LogP contribution in [0.3, 0.4) is 0 Å². The Balaban J connectivity index is 2.78. The molecule has 0 aliphatic heterocycles. The number of hydrazine groups is 1. The molecule has 1 aromatic carbocycles. The van der Waals surface area contributed by atoms with Gasteiger partial charge in [-0.15, -0.1) is 0 Å². The molecule has 1 aromatic rings. The normalized spacial score (nSPS) is 15.3. The van der Waals surface area contributed by atoms with Crippen molar-refractivity contribution in [2.45, 2.75) is 60.4 Å². The van der Waals surface area contributed by atoms with Crippen LogP contribution in [-0.4, -0.2) is 6.04 Å². The molecular formula is C17H30N2. The van der Waals surface area contributed by atoms with Gasteiger partial charge in [0.15, 0.2) is 0 Å². The SMILES string of the molecule is Cc1cccc(C)c1CC(CC(C)C(C)(C)C)NN. The number of nitrogens with two attached hydrogens (primary N) is 1. The second kappa shape index (κ2) is 6.53. The van der Waals surface area contributed by atoms with Gasteiger partial charge in [-0.2, -0.15) is 0 Å². The van der Waals surface area contributed by atoms with E-state index in [0.717, 1.165) is 12.8 Å². The van der Waals surface area contributed by atoms with Gasteiger partial charge in [0.05, 0.1) is 0 Å². The fraction of sp³-hybridized carbons (Fsp3) is 0.647. The smallest absolute Gasteiger partial charge is 0.0253 e. The average molecular weight is 262 g/mol. The highest BCUT2D eigenvalue weighted by Gasteiger charge is 2.23. The quantitative estimate of drug-likeness (QED) is 0.626. The van der Waals surface area contributed by atoms with Gasteiger partial charge in [-0.3, -0.25) is 11.3 Å². The van der Waals surface area contributed by atoms with E-state index in [-0.39, 0.29) is 0 Å². The highest BCUT2D eigenvalue weighted by molar-refractivity contribution is 5.34.